The molecule has 1 N–H and O–H groups in total. The van der Waals surface area contributed by atoms with Gasteiger partial charge >= 0.3 is 6.03 Å². The molecule has 0 aliphatic carbocycles. The predicted molar refractivity (Wildman–Crippen MR) is 118 cm³/mol. The van der Waals surface area contributed by atoms with Crippen LogP contribution in [-0.4, -0.2) is 60.6 Å². The van der Waals surface area contributed by atoms with Gasteiger partial charge in [-0.3, -0.25) is 4.90 Å². The maximum absolute atomic E-state index is 12.5. The smallest absolute Gasteiger partial charge is 0.317 e. The van der Waals surface area contributed by atoms with Gasteiger partial charge in [0.05, 0.1) is 24.4 Å². The molecule has 0 unspecified atom stereocenters. The Kier molecular flexibility index (Phi) is 7.14. The van der Waals surface area contributed by atoms with Crippen molar-refractivity contribution < 1.29 is 9.53 Å². The summed E-state index contributed by atoms with van der Waals surface area (Å²) in [4.78, 5) is 21.4. The molecule has 1 aliphatic rings. The average molecular weight is 417 g/mol. The lowest BCUT2D eigenvalue weighted by molar-refractivity contribution is 0.140. The highest BCUT2D eigenvalue weighted by molar-refractivity contribution is 7.09. The molecule has 1 saturated heterocycles. The Balaban J connectivity index is 1.38. The van der Waals surface area contributed by atoms with Crippen molar-refractivity contribution in [3.63, 3.8) is 0 Å². The molecular formula is C22H32N4O2S. The summed E-state index contributed by atoms with van der Waals surface area (Å²) in [6.07, 6.45) is 1.01. The highest BCUT2D eigenvalue weighted by Gasteiger charge is 2.22. The molecule has 2 heterocycles. The van der Waals surface area contributed by atoms with Gasteiger partial charge in [0.15, 0.2) is 0 Å². The Morgan fingerprint density at radius 2 is 1.86 bits per heavy atom. The van der Waals surface area contributed by atoms with Crippen molar-refractivity contribution in [2.24, 2.45) is 0 Å². The zero-order valence-corrected chi connectivity index (χ0v) is 18.7. The number of piperazine rings is 1. The van der Waals surface area contributed by atoms with Crippen LogP contribution in [0, 0.1) is 0 Å². The van der Waals surface area contributed by atoms with E-state index in [0.29, 0.717) is 6.54 Å². The van der Waals surface area contributed by atoms with Crippen LogP contribution in [0.15, 0.2) is 29.6 Å². The van der Waals surface area contributed by atoms with Crippen molar-refractivity contribution in [1.82, 2.24) is 20.1 Å². The zero-order chi connectivity index (χ0) is 20.9. The molecule has 0 bridgehead atoms. The molecule has 1 aromatic heterocycles. The average Bonchev–Trinajstić information content (AvgIpc) is 3.21. The van der Waals surface area contributed by atoms with Crippen LogP contribution in [0.25, 0.3) is 0 Å². The Labute approximate surface area is 177 Å². The van der Waals surface area contributed by atoms with Gasteiger partial charge in [-0.1, -0.05) is 32.9 Å². The van der Waals surface area contributed by atoms with E-state index in [9.17, 15) is 4.79 Å². The fraction of sp³-hybridized carbons (Fsp3) is 0.545. The number of carbonyl (C=O) groups is 1. The SMILES string of the molecule is COc1ccc(CCN2CCN(C(=O)NCc3csc(C(C)(C)C)n3)CC2)cc1. The van der Waals surface area contributed by atoms with Gasteiger partial charge in [-0.25, -0.2) is 9.78 Å². The van der Waals surface area contributed by atoms with Crippen molar-refractivity contribution in [2.75, 3.05) is 39.8 Å². The van der Waals surface area contributed by atoms with Gasteiger partial charge < -0.3 is 15.0 Å². The molecule has 158 valence electrons. The predicted octanol–water partition coefficient (Wildman–Crippen LogP) is 3.52. The molecule has 29 heavy (non-hydrogen) atoms. The lowest BCUT2D eigenvalue weighted by Crippen LogP contribution is -2.51. The summed E-state index contributed by atoms with van der Waals surface area (Å²) in [6.45, 7) is 11.3. The third-order valence-corrected chi connectivity index (χ3v) is 6.47. The second-order valence-electron chi connectivity index (χ2n) is 8.48. The number of ether oxygens (including phenoxy) is 1. The molecule has 7 heteroatoms. The summed E-state index contributed by atoms with van der Waals surface area (Å²) in [5.74, 6) is 0.889. The number of nitrogens with zero attached hydrogens (tertiary/aromatic N) is 3. The van der Waals surface area contributed by atoms with Gasteiger partial charge in [-0.05, 0) is 24.1 Å². The van der Waals surface area contributed by atoms with E-state index in [0.717, 1.165) is 55.6 Å². The summed E-state index contributed by atoms with van der Waals surface area (Å²) in [6, 6.07) is 8.25. The molecule has 3 rings (SSSR count). The van der Waals surface area contributed by atoms with Crippen molar-refractivity contribution in [3.8, 4) is 5.75 Å². The van der Waals surface area contributed by atoms with Gasteiger partial charge in [-0.2, -0.15) is 0 Å². The van der Waals surface area contributed by atoms with E-state index in [1.807, 2.05) is 22.4 Å². The topological polar surface area (TPSA) is 57.7 Å². The highest BCUT2D eigenvalue weighted by Crippen LogP contribution is 2.25. The lowest BCUT2D eigenvalue weighted by atomic mass is 9.98. The summed E-state index contributed by atoms with van der Waals surface area (Å²) in [5, 5.41) is 6.16. The van der Waals surface area contributed by atoms with Crippen molar-refractivity contribution in [1.29, 1.82) is 0 Å². The van der Waals surface area contributed by atoms with Crippen molar-refractivity contribution >= 4 is 17.4 Å². The minimum absolute atomic E-state index is 0.00473. The summed E-state index contributed by atoms with van der Waals surface area (Å²) in [7, 11) is 1.69. The monoisotopic (exact) mass is 416 g/mol. The van der Waals surface area contributed by atoms with Crippen LogP contribution < -0.4 is 10.1 Å². The van der Waals surface area contributed by atoms with Crippen molar-refractivity contribution in [2.45, 2.75) is 39.2 Å². The second kappa shape index (κ2) is 9.59. The van der Waals surface area contributed by atoms with Gasteiger partial charge in [-0.15, -0.1) is 11.3 Å². The number of urea groups is 1. The number of thiazole rings is 1. The van der Waals surface area contributed by atoms with Gasteiger partial charge in [0.2, 0.25) is 0 Å². The van der Waals surface area contributed by atoms with Crippen LogP contribution in [0.2, 0.25) is 0 Å². The highest BCUT2D eigenvalue weighted by atomic mass is 32.1. The Hall–Kier alpha value is -2.12. The van der Waals surface area contributed by atoms with E-state index >= 15 is 0 Å². The van der Waals surface area contributed by atoms with E-state index in [4.69, 9.17) is 4.74 Å². The Morgan fingerprint density at radius 1 is 1.17 bits per heavy atom. The molecule has 1 aromatic carbocycles. The second-order valence-corrected chi connectivity index (χ2v) is 9.34. The number of hydrogen-bond acceptors (Lipinski definition) is 5. The first-order valence-electron chi connectivity index (χ1n) is 10.2. The molecule has 0 spiro atoms. The first-order valence-corrected chi connectivity index (χ1v) is 11.1. The number of amides is 2. The maximum atomic E-state index is 12.5. The minimum Gasteiger partial charge on any atom is -0.497 e. The van der Waals surface area contributed by atoms with E-state index < -0.39 is 0 Å². The molecule has 0 saturated carbocycles. The number of methoxy groups -OCH3 is 1. The zero-order valence-electron chi connectivity index (χ0n) is 17.9. The van der Waals surface area contributed by atoms with Gasteiger partial charge in [0.25, 0.3) is 0 Å². The van der Waals surface area contributed by atoms with E-state index in [-0.39, 0.29) is 11.4 Å². The van der Waals surface area contributed by atoms with E-state index in [1.165, 1.54) is 5.56 Å². The molecule has 1 aliphatic heterocycles. The summed E-state index contributed by atoms with van der Waals surface area (Å²) < 4.78 is 5.20. The first-order chi connectivity index (χ1) is 13.8. The first kappa shape index (κ1) is 21.6. The van der Waals surface area contributed by atoms with Crippen LogP contribution in [-0.2, 0) is 18.4 Å². The molecular weight excluding hydrogens is 384 g/mol. The molecule has 6 nitrogen and oxygen atoms in total. The van der Waals surface area contributed by atoms with Crippen LogP contribution in [0.3, 0.4) is 0 Å². The molecule has 2 amide bonds. The standard InChI is InChI=1S/C22H32N4O2S/c1-22(2,3)20-24-18(16-29-20)15-23-21(27)26-13-11-25(12-14-26)10-9-17-5-7-19(28-4)8-6-17/h5-8,16H,9-15H2,1-4H3,(H,23,27). The van der Waals surface area contributed by atoms with Gasteiger partial charge in [0, 0.05) is 43.5 Å². The fourth-order valence-electron chi connectivity index (χ4n) is 3.26. The summed E-state index contributed by atoms with van der Waals surface area (Å²) >= 11 is 1.66. The normalized spacial score (nSPS) is 15.4. The third kappa shape index (κ3) is 6.18. The largest absolute Gasteiger partial charge is 0.497 e. The van der Waals surface area contributed by atoms with Crippen molar-refractivity contribution in [3.05, 3.63) is 45.9 Å². The summed E-state index contributed by atoms with van der Waals surface area (Å²) in [5.41, 5.74) is 2.30. The number of nitrogens with one attached hydrogen (secondary N) is 1. The number of carbonyl (C=O) groups excluding carboxylic acids is 1. The molecule has 0 radical (unpaired) electrons. The van der Waals surface area contributed by atoms with E-state index in [1.54, 1.807) is 18.4 Å². The van der Waals surface area contributed by atoms with Crippen LogP contribution in [0.5, 0.6) is 5.75 Å². The minimum atomic E-state index is 0.00473. The number of benzene rings is 1. The number of rotatable bonds is 6. The molecule has 0 atom stereocenters. The number of aromatic nitrogens is 1. The number of hydrogen-bond donors (Lipinski definition) is 1. The van der Waals surface area contributed by atoms with Crippen LogP contribution in [0.1, 0.15) is 37.0 Å². The van der Waals surface area contributed by atoms with Gasteiger partial charge in [0.1, 0.15) is 5.75 Å². The molecule has 1 fully saturated rings. The fourth-order valence-corrected chi connectivity index (χ4v) is 4.17. The van der Waals surface area contributed by atoms with E-state index in [2.05, 4.69) is 48.1 Å². The lowest BCUT2D eigenvalue weighted by Gasteiger charge is -2.34. The quantitative estimate of drug-likeness (QED) is 0.783. The Bertz CT molecular complexity index is 790. The molecule has 2 aromatic rings. The maximum Gasteiger partial charge on any atom is 0.317 e. The third-order valence-electron chi connectivity index (χ3n) is 5.15. The van der Waals surface area contributed by atoms with Crippen LogP contribution >= 0.6 is 11.3 Å². The van der Waals surface area contributed by atoms with Crippen LogP contribution in [0.4, 0.5) is 4.79 Å². The Morgan fingerprint density at radius 3 is 2.45 bits per heavy atom.